The zero-order chi connectivity index (χ0) is 13.9. The first-order valence-corrected chi connectivity index (χ1v) is 6.70. The van der Waals surface area contributed by atoms with Crippen molar-refractivity contribution < 1.29 is 14.3 Å². The Morgan fingerprint density at radius 3 is 2.35 bits per heavy atom. The molecule has 0 atom stereocenters. The number of carbonyl (C=O) groups is 1. The third-order valence-electron chi connectivity index (χ3n) is 3.38. The van der Waals surface area contributed by atoms with Gasteiger partial charge in [0.15, 0.2) is 6.29 Å². The van der Waals surface area contributed by atoms with Crippen molar-refractivity contribution in [3.8, 4) is 22.6 Å². The first-order chi connectivity index (χ1) is 9.80. The van der Waals surface area contributed by atoms with Crippen LogP contribution in [-0.2, 0) is 0 Å². The summed E-state index contributed by atoms with van der Waals surface area (Å²) in [5, 5.41) is 0. The summed E-state index contributed by atoms with van der Waals surface area (Å²) in [6.45, 7) is 0. The quantitative estimate of drug-likeness (QED) is 0.775. The predicted octanol–water partition coefficient (Wildman–Crippen LogP) is 3.72. The highest BCUT2D eigenvalue weighted by Gasteiger charge is 2.23. The van der Waals surface area contributed by atoms with E-state index in [1.54, 1.807) is 13.2 Å². The van der Waals surface area contributed by atoms with E-state index in [-0.39, 0.29) is 0 Å². The molecule has 1 fully saturated rings. The number of hydrogen-bond acceptors (Lipinski definition) is 3. The molecule has 102 valence electrons. The SMILES string of the molecule is COc1ccc(-c2ccc(OC3CC3)cc2)c(C=O)c1. The number of rotatable bonds is 5. The van der Waals surface area contributed by atoms with Gasteiger partial charge in [0, 0.05) is 5.56 Å². The van der Waals surface area contributed by atoms with Crippen LogP contribution in [0.4, 0.5) is 0 Å². The van der Waals surface area contributed by atoms with Crippen LogP contribution in [0.3, 0.4) is 0 Å². The first-order valence-electron chi connectivity index (χ1n) is 6.70. The lowest BCUT2D eigenvalue weighted by atomic mass is 10.00. The van der Waals surface area contributed by atoms with E-state index in [0.29, 0.717) is 17.4 Å². The van der Waals surface area contributed by atoms with Gasteiger partial charge in [-0.25, -0.2) is 0 Å². The van der Waals surface area contributed by atoms with Crippen LogP contribution in [0.1, 0.15) is 23.2 Å². The molecule has 3 rings (SSSR count). The second kappa shape index (κ2) is 5.37. The van der Waals surface area contributed by atoms with Crippen molar-refractivity contribution in [2.24, 2.45) is 0 Å². The third kappa shape index (κ3) is 2.67. The van der Waals surface area contributed by atoms with E-state index in [4.69, 9.17) is 9.47 Å². The van der Waals surface area contributed by atoms with Crippen LogP contribution >= 0.6 is 0 Å². The Labute approximate surface area is 118 Å². The molecule has 0 bridgehead atoms. The maximum absolute atomic E-state index is 11.2. The molecule has 1 aliphatic rings. The second-order valence-electron chi connectivity index (χ2n) is 4.91. The van der Waals surface area contributed by atoms with Crippen LogP contribution in [0.2, 0.25) is 0 Å². The fraction of sp³-hybridized carbons (Fsp3) is 0.235. The lowest BCUT2D eigenvalue weighted by Gasteiger charge is -2.09. The van der Waals surface area contributed by atoms with Gasteiger partial charge in [0.05, 0.1) is 13.2 Å². The standard InChI is InChI=1S/C17H16O3/c1-19-16-8-9-17(13(10-16)11-18)12-2-4-14(5-3-12)20-15-6-7-15/h2-5,8-11,15H,6-7H2,1H3. The van der Waals surface area contributed by atoms with Gasteiger partial charge in [0.25, 0.3) is 0 Å². The molecule has 3 heteroatoms. The Hall–Kier alpha value is -2.29. The molecule has 2 aromatic rings. The molecule has 0 saturated heterocycles. The Balaban J connectivity index is 1.89. The topological polar surface area (TPSA) is 35.5 Å². The molecule has 1 aliphatic carbocycles. The minimum Gasteiger partial charge on any atom is -0.497 e. The number of hydrogen-bond donors (Lipinski definition) is 0. The van der Waals surface area contributed by atoms with Crippen molar-refractivity contribution >= 4 is 6.29 Å². The lowest BCUT2D eigenvalue weighted by Crippen LogP contribution is -1.95. The van der Waals surface area contributed by atoms with Gasteiger partial charge < -0.3 is 9.47 Å². The molecule has 0 spiro atoms. The van der Waals surface area contributed by atoms with Gasteiger partial charge in [0.2, 0.25) is 0 Å². The van der Waals surface area contributed by atoms with Crippen LogP contribution in [0.15, 0.2) is 42.5 Å². The molecule has 20 heavy (non-hydrogen) atoms. The zero-order valence-corrected chi connectivity index (χ0v) is 11.3. The van der Waals surface area contributed by atoms with Gasteiger partial charge in [0.1, 0.15) is 11.5 Å². The van der Waals surface area contributed by atoms with Crippen LogP contribution in [0.25, 0.3) is 11.1 Å². The summed E-state index contributed by atoms with van der Waals surface area (Å²) < 4.78 is 10.9. The van der Waals surface area contributed by atoms with Gasteiger partial charge in [-0.05, 0) is 54.3 Å². The Bertz CT molecular complexity index is 613. The van der Waals surface area contributed by atoms with E-state index in [9.17, 15) is 4.79 Å². The van der Waals surface area contributed by atoms with Gasteiger partial charge in [-0.15, -0.1) is 0 Å². The van der Waals surface area contributed by atoms with E-state index in [2.05, 4.69) is 0 Å². The fourth-order valence-electron chi connectivity index (χ4n) is 2.12. The molecule has 0 unspecified atom stereocenters. The summed E-state index contributed by atoms with van der Waals surface area (Å²) in [6.07, 6.45) is 3.55. The Morgan fingerprint density at radius 2 is 1.75 bits per heavy atom. The number of aldehydes is 1. The van der Waals surface area contributed by atoms with Gasteiger partial charge in [-0.2, -0.15) is 0 Å². The maximum Gasteiger partial charge on any atom is 0.150 e. The van der Waals surface area contributed by atoms with Gasteiger partial charge in [-0.1, -0.05) is 12.1 Å². The summed E-state index contributed by atoms with van der Waals surface area (Å²) >= 11 is 0. The number of benzene rings is 2. The molecular weight excluding hydrogens is 252 g/mol. The summed E-state index contributed by atoms with van der Waals surface area (Å²) in [5.41, 5.74) is 2.52. The van der Waals surface area contributed by atoms with Gasteiger partial charge in [-0.3, -0.25) is 4.79 Å². The van der Waals surface area contributed by atoms with Crippen LogP contribution in [0, 0.1) is 0 Å². The van der Waals surface area contributed by atoms with Crippen LogP contribution in [-0.4, -0.2) is 19.5 Å². The molecule has 0 aliphatic heterocycles. The minimum atomic E-state index is 0.396. The highest BCUT2D eigenvalue weighted by molar-refractivity contribution is 5.88. The summed E-state index contributed by atoms with van der Waals surface area (Å²) in [7, 11) is 1.59. The fourth-order valence-corrected chi connectivity index (χ4v) is 2.12. The first kappa shape index (κ1) is 12.7. The molecule has 0 aromatic heterocycles. The highest BCUT2D eigenvalue weighted by atomic mass is 16.5. The molecular formula is C17H16O3. The molecule has 0 radical (unpaired) electrons. The normalized spacial score (nSPS) is 13.8. The van der Waals surface area contributed by atoms with E-state index in [0.717, 1.165) is 36.0 Å². The van der Waals surface area contributed by atoms with Gasteiger partial charge >= 0.3 is 0 Å². The van der Waals surface area contributed by atoms with Crippen molar-refractivity contribution in [2.45, 2.75) is 18.9 Å². The van der Waals surface area contributed by atoms with Crippen molar-refractivity contribution in [2.75, 3.05) is 7.11 Å². The molecule has 0 amide bonds. The number of carbonyl (C=O) groups excluding carboxylic acids is 1. The summed E-state index contributed by atoms with van der Waals surface area (Å²) in [5.74, 6) is 1.57. The molecule has 2 aromatic carbocycles. The average Bonchev–Trinajstić information content (AvgIpc) is 3.31. The largest absolute Gasteiger partial charge is 0.497 e. The highest BCUT2D eigenvalue weighted by Crippen LogP contribution is 2.30. The summed E-state index contributed by atoms with van der Waals surface area (Å²) in [4.78, 5) is 11.2. The summed E-state index contributed by atoms with van der Waals surface area (Å²) in [6, 6.07) is 13.4. The monoisotopic (exact) mass is 268 g/mol. The van der Waals surface area contributed by atoms with E-state index >= 15 is 0 Å². The molecule has 0 N–H and O–H groups in total. The second-order valence-corrected chi connectivity index (χ2v) is 4.91. The maximum atomic E-state index is 11.2. The van der Waals surface area contributed by atoms with Crippen LogP contribution < -0.4 is 9.47 Å². The van der Waals surface area contributed by atoms with E-state index in [1.807, 2.05) is 36.4 Å². The lowest BCUT2D eigenvalue weighted by molar-refractivity contribution is 0.112. The van der Waals surface area contributed by atoms with Crippen molar-refractivity contribution in [3.05, 3.63) is 48.0 Å². The van der Waals surface area contributed by atoms with E-state index in [1.165, 1.54) is 0 Å². The smallest absolute Gasteiger partial charge is 0.150 e. The average molecular weight is 268 g/mol. The molecule has 3 nitrogen and oxygen atoms in total. The van der Waals surface area contributed by atoms with E-state index < -0.39 is 0 Å². The Kier molecular flexibility index (Phi) is 3.42. The van der Waals surface area contributed by atoms with Crippen molar-refractivity contribution in [1.82, 2.24) is 0 Å². The number of methoxy groups -OCH3 is 1. The van der Waals surface area contributed by atoms with Crippen molar-refractivity contribution in [3.63, 3.8) is 0 Å². The number of ether oxygens (including phenoxy) is 2. The van der Waals surface area contributed by atoms with Crippen molar-refractivity contribution in [1.29, 1.82) is 0 Å². The third-order valence-corrected chi connectivity index (χ3v) is 3.38. The molecule has 0 heterocycles. The minimum absolute atomic E-state index is 0.396. The Morgan fingerprint density at radius 1 is 1.05 bits per heavy atom. The molecule has 1 saturated carbocycles. The zero-order valence-electron chi connectivity index (χ0n) is 11.3. The predicted molar refractivity (Wildman–Crippen MR) is 77.5 cm³/mol. The van der Waals surface area contributed by atoms with Crippen LogP contribution in [0.5, 0.6) is 11.5 Å².